The van der Waals surface area contributed by atoms with Crippen LogP contribution in [0, 0.1) is 46.3 Å². The van der Waals surface area contributed by atoms with Crippen molar-refractivity contribution in [3.63, 3.8) is 0 Å². The molecule has 2 rings (SSSR count). The summed E-state index contributed by atoms with van der Waals surface area (Å²) in [6.45, 7) is 2.42. The van der Waals surface area contributed by atoms with Crippen LogP contribution in [0.15, 0.2) is 5.16 Å². The zero-order valence-electron chi connectivity index (χ0n) is 13.0. The highest BCUT2D eigenvalue weighted by Gasteiger charge is 2.62. The molecule has 2 atom stereocenters. The largest absolute Gasteiger partial charge is 0.460 e. The molecule has 132 valence electrons. The number of carbonyl (C=O) groups is 1. The number of rotatable bonds is 5. The summed E-state index contributed by atoms with van der Waals surface area (Å²) in [6, 6.07) is 0. The van der Waals surface area contributed by atoms with Crippen molar-refractivity contribution in [3.05, 3.63) is 34.6 Å². The van der Waals surface area contributed by atoms with Crippen LogP contribution in [0.4, 0.5) is 22.0 Å². The molecule has 1 aromatic rings. The highest BCUT2D eigenvalue weighted by atomic mass is 19.2. The number of hydrogen-bond acceptors (Lipinski definition) is 4. The fourth-order valence-electron chi connectivity index (χ4n) is 2.54. The second-order valence-electron chi connectivity index (χ2n) is 5.92. The maximum atomic E-state index is 13.5. The Morgan fingerprint density at radius 3 is 2.08 bits per heavy atom. The number of nitrogens with zero attached hydrogens (tertiary/aromatic N) is 1. The Balaban J connectivity index is 2.13. The Morgan fingerprint density at radius 1 is 1.08 bits per heavy atom. The van der Waals surface area contributed by atoms with Crippen molar-refractivity contribution in [2.75, 3.05) is 7.11 Å². The van der Waals surface area contributed by atoms with Gasteiger partial charge in [-0.3, -0.25) is 4.79 Å². The number of benzene rings is 1. The molecular weight excluding hydrogens is 337 g/mol. The molecule has 0 N–H and O–H groups in total. The first-order chi connectivity index (χ1) is 11.1. The van der Waals surface area contributed by atoms with Crippen molar-refractivity contribution in [3.8, 4) is 0 Å². The van der Waals surface area contributed by atoms with Gasteiger partial charge in [-0.25, -0.2) is 22.0 Å². The highest BCUT2D eigenvalue weighted by molar-refractivity contribution is 5.85. The van der Waals surface area contributed by atoms with Gasteiger partial charge in [0.1, 0.15) is 13.7 Å². The van der Waals surface area contributed by atoms with E-state index in [2.05, 4.69) is 9.99 Å². The van der Waals surface area contributed by atoms with Gasteiger partial charge in [0, 0.05) is 12.1 Å². The Hall–Kier alpha value is -2.19. The topological polar surface area (TPSA) is 47.9 Å². The van der Waals surface area contributed by atoms with Crippen LogP contribution < -0.4 is 0 Å². The second kappa shape index (κ2) is 6.37. The van der Waals surface area contributed by atoms with Crippen LogP contribution in [0.5, 0.6) is 0 Å². The molecule has 0 amide bonds. The molecule has 0 bridgehead atoms. The van der Waals surface area contributed by atoms with Crippen LogP contribution in [0.1, 0.15) is 19.4 Å². The molecule has 9 heteroatoms. The van der Waals surface area contributed by atoms with Gasteiger partial charge in [0.25, 0.3) is 0 Å². The van der Waals surface area contributed by atoms with Crippen molar-refractivity contribution in [2.24, 2.45) is 22.4 Å². The molecule has 0 aliphatic heterocycles. The van der Waals surface area contributed by atoms with E-state index in [1.165, 1.54) is 13.3 Å². The molecule has 1 aliphatic rings. The quantitative estimate of drug-likeness (QED) is 0.204. The number of halogens is 5. The molecule has 24 heavy (non-hydrogen) atoms. The molecular formula is C15H14F5NO3. The molecule has 1 fully saturated rings. The molecule has 0 saturated heterocycles. The zero-order valence-corrected chi connectivity index (χ0v) is 13.0. The van der Waals surface area contributed by atoms with Crippen LogP contribution in [-0.4, -0.2) is 19.3 Å². The van der Waals surface area contributed by atoms with E-state index in [4.69, 9.17) is 4.74 Å². The summed E-state index contributed by atoms with van der Waals surface area (Å²) in [5.41, 5.74) is -1.71. The Labute approximate surface area is 134 Å². The average molecular weight is 351 g/mol. The van der Waals surface area contributed by atoms with Crippen LogP contribution in [0.3, 0.4) is 0 Å². The van der Waals surface area contributed by atoms with Gasteiger partial charge in [0.05, 0.1) is 11.5 Å². The van der Waals surface area contributed by atoms with Crippen LogP contribution in [-0.2, 0) is 21.0 Å². The molecule has 1 saturated carbocycles. The maximum Gasteiger partial charge on any atom is 0.310 e. The lowest BCUT2D eigenvalue weighted by Gasteiger charge is -2.09. The molecule has 0 spiro atoms. The minimum Gasteiger partial charge on any atom is -0.460 e. The van der Waals surface area contributed by atoms with Crippen molar-refractivity contribution >= 4 is 12.2 Å². The van der Waals surface area contributed by atoms with Gasteiger partial charge in [-0.1, -0.05) is 19.0 Å². The van der Waals surface area contributed by atoms with E-state index < -0.39 is 58.6 Å². The van der Waals surface area contributed by atoms with E-state index in [9.17, 15) is 26.7 Å². The van der Waals surface area contributed by atoms with E-state index >= 15 is 0 Å². The Kier molecular flexibility index (Phi) is 4.82. The standard InChI is InChI=1S/C15H14F5NO3/c1-15(2)7(4-21-23-3)8(15)14(22)24-5-6-9(16)11(18)13(20)12(19)10(6)17/h4,7-8H,5H2,1-3H3. The van der Waals surface area contributed by atoms with Crippen molar-refractivity contribution in [2.45, 2.75) is 20.5 Å². The first-order valence-electron chi connectivity index (χ1n) is 6.88. The van der Waals surface area contributed by atoms with Gasteiger partial charge < -0.3 is 9.57 Å². The van der Waals surface area contributed by atoms with Gasteiger partial charge in [0.15, 0.2) is 23.3 Å². The fourth-order valence-corrected chi connectivity index (χ4v) is 2.54. The minimum atomic E-state index is -2.26. The number of hydrogen-bond donors (Lipinski definition) is 0. The third-order valence-corrected chi connectivity index (χ3v) is 4.15. The van der Waals surface area contributed by atoms with Crippen LogP contribution >= 0.6 is 0 Å². The monoisotopic (exact) mass is 351 g/mol. The van der Waals surface area contributed by atoms with E-state index in [0.29, 0.717) is 0 Å². The number of oxime groups is 1. The summed E-state index contributed by atoms with van der Waals surface area (Å²) in [4.78, 5) is 16.5. The minimum absolute atomic E-state index is 0.318. The van der Waals surface area contributed by atoms with Crippen molar-refractivity contribution < 1.29 is 36.3 Å². The predicted octanol–water partition coefficient (Wildman–Crippen LogP) is 3.33. The first kappa shape index (κ1) is 18.2. The van der Waals surface area contributed by atoms with Crippen molar-refractivity contribution in [1.82, 2.24) is 0 Å². The lowest BCUT2D eigenvalue weighted by atomic mass is 10.1. The lowest BCUT2D eigenvalue weighted by molar-refractivity contribution is -0.147. The summed E-state index contributed by atoms with van der Waals surface area (Å²) in [7, 11) is 1.32. The summed E-state index contributed by atoms with van der Waals surface area (Å²) in [5.74, 6) is -12.3. The van der Waals surface area contributed by atoms with Gasteiger partial charge in [-0.05, 0) is 5.41 Å². The SMILES string of the molecule is CON=CC1C(C(=O)OCc2c(F)c(F)c(F)c(F)c2F)C1(C)C. The van der Waals surface area contributed by atoms with Crippen LogP contribution in [0.2, 0.25) is 0 Å². The summed E-state index contributed by atoms with van der Waals surface area (Å²) in [6.07, 6.45) is 1.39. The molecule has 1 aliphatic carbocycles. The molecule has 0 heterocycles. The predicted molar refractivity (Wildman–Crippen MR) is 72.3 cm³/mol. The van der Waals surface area contributed by atoms with Gasteiger partial charge in [0.2, 0.25) is 5.82 Å². The summed E-state index contributed by atoms with van der Waals surface area (Å²) in [5, 5.41) is 3.55. The van der Waals surface area contributed by atoms with Crippen LogP contribution in [0.25, 0.3) is 0 Å². The van der Waals surface area contributed by atoms with Gasteiger partial charge in [-0.15, -0.1) is 0 Å². The fraction of sp³-hybridized carbons (Fsp3) is 0.467. The third-order valence-electron chi connectivity index (χ3n) is 4.15. The first-order valence-corrected chi connectivity index (χ1v) is 6.88. The Morgan fingerprint density at radius 2 is 1.58 bits per heavy atom. The van der Waals surface area contributed by atoms with Gasteiger partial charge in [-0.2, -0.15) is 0 Å². The smallest absolute Gasteiger partial charge is 0.310 e. The number of ether oxygens (including phenoxy) is 1. The number of esters is 1. The van der Waals surface area contributed by atoms with E-state index in [1.54, 1.807) is 13.8 Å². The molecule has 2 unspecified atom stereocenters. The molecule has 0 aromatic heterocycles. The highest BCUT2D eigenvalue weighted by Crippen LogP contribution is 2.57. The Bertz CT molecular complexity index is 676. The van der Waals surface area contributed by atoms with E-state index in [-0.39, 0.29) is 5.92 Å². The summed E-state index contributed by atoms with van der Waals surface area (Å²) >= 11 is 0. The maximum absolute atomic E-state index is 13.5. The lowest BCUT2D eigenvalue weighted by Crippen LogP contribution is -2.14. The normalized spacial score (nSPS) is 21.8. The third kappa shape index (κ3) is 2.94. The number of carbonyl (C=O) groups excluding carboxylic acids is 1. The zero-order chi connectivity index (χ0) is 18.2. The van der Waals surface area contributed by atoms with Crippen molar-refractivity contribution in [1.29, 1.82) is 0 Å². The summed E-state index contributed by atoms with van der Waals surface area (Å²) < 4.78 is 70.9. The van der Waals surface area contributed by atoms with Gasteiger partial charge >= 0.3 is 5.97 Å². The molecule has 0 radical (unpaired) electrons. The molecule has 1 aromatic carbocycles. The second-order valence-corrected chi connectivity index (χ2v) is 5.92. The van der Waals surface area contributed by atoms with E-state index in [0.717, 1.165) is 0 Å². The average Bonchev–Trinajstić information content (AvgIpc) is 3.09. The molecule has 4 nitrogen and oxygen atoms in total. The van der Waals surface area contributed by atoms with E-state index in [1.807, 2.05) is 0 Å².